The minimum absolute atomic E-state index is 0.109. The summed E-state index contributed by atoms with van der Waals surface area (Å²) in [6.07, 6.45) is 2.13. The van der Waals surface area contributed by atoms with E-state index in [0.29, 0.717) is 26.2 Å². The Kier molecular flexibility index (Phi) is 4.78. The van der Waals surface area contributed by atoms with Crippen molar-refractivity contribution >= 4 is 5.91 Å². The number of rotatable bonds is 5. The predicted molar refractivity (Wildman–Crippen MR) is 48.2 cm³/mol. The van der Waals surface area contributed by atoms with Crippen LogP contribution in [0.5, 0.6) is 0 Å². The molecule has 4 nitrogen and oxygen atoms in total. The molecule has 1 aliphatic heterocycles. The van der Waals surface area contributed by atoms with Gasteiger partial charge in [0, 0.05) is 19.4 Å². The molecule has 1 N–H and O–H groups in total. The number of amides is 1. The third-order valence-electron chi connectivity index (χ3n) is 1.87. The van der Waals surface area contributed by atoms with Crippen molar-refractivity contribution in [1.29, 1.82) is 0 Å². The fraction of sp³-hybridized carbons (Fsp3) is 0.889. The average molecular weight is 187 g/mol. The van der Waals surface area contributed by atoms with Gasteiger partial charge in [-0.05, 0) is 6.42 Å². The van der Waals surface area contributed by atoms with Gasteiger partial charge in [0.15, 0.2) is 6.29 Å². The average Bonchev–Trinajstić information content (AvgIpc) is 2.57. The van der Waals surface area contributed by atoms with Crippen LogP contribution in [0.15, 0.2) is 0 Å². The van der Waals surface area contributed by atoms with E-state index in [-0.39, 0.29) is 12.2 Å². The zero-order valence-corrected chi connectivity index (χ0v) is 8.04. The van der Waals surface area contributed by atoms with Crippen LogP contribution in [0.2, 0.25) is 0 Å². The smallest absolute Gasteiger partial charge is 0.219 e. The second-order valence-electron chi connectivity index (χ2n) is 3.06. The molecule has 1 heterocycles. The first-order valence-corrected chi connectivity index (χ1v) is 4.83. The van der Waals surface area contributed by atoms with Crippen molar-refractivity contribution in [2.24, 2.45) is 0 Å². The minimum Gasteiger partial charge on any atom is -0.356 e. The van der Waals surface area contributed by atoms with E-state index in [2.05, 4.69) is 5.32 Å². The van der Waals surface area contributed by atoms with Crippen LogP contribution in [0.1, 0.15) is 26.2 Å². The highest BCUT2D eigenvalue weighted by molar-refractivity contribution is 5.75. The van der Waals surface area contributed by atoms with E-state index in [1.54, 1.807) is 0 Å². The van der Waals surface area contributed by atoms with Crippen molar-refractivity contribution < 1.29 is 14.3 Å². The van der Waals surface area contributed by atoms with Crippen LogP contribution in [0.3, 0.4) is 0 Å². The van der Waals surface area contributed by atoms with Crippen molar-refractivity contribution in [3.63, 3.8) is 0 Å². The van der Waals surface area contributed by atoms with Gasteiger partial charge in [-0.2, -0.15) is 0 Å². The number of nitrogens with one attached hydrogen (secondary N) is 1. The lowest BCUT2D eigenvalue weighted by Gasteiger charge is -2.09. The van der Waals surface area contributed by atoms with E-state index in [1.807, 2.05) is 6.92 Å². The Morgan fingerprint density at radius 2 is 2.15 bits per heavy atom. The molecular formula is C9H17NO3. The molecule has 0 aliphatic carbocycles. The first kappa shape index (κ1) is 10.5. The molecule has 1 amide bonds. The minimum atomic E-state index is -0.109. The standard InChI is InChI=1S/C9H17NO3/c1-2-3-8(11)10-5-4-9-12-6-7-13-9/h9H,2-7H2,1H3,(H,10,11). The maximum absolute atomic E-state index is 11.0. The Labute approximate surface area is 78.6 Å². The fourth-order valence-electron chi connectivity index (χ4n) is 1.22. The van der Waals surface area contributed by atoms with Crippen molar-refractivity contribution in [2.45, 2.75) is 32.5 Å². The number of carbonyl (C=O) groups excluding carboxylic acids is 1. The lowest BCUT2D eigenvalue weighted by atomic mass is 10.3. The van der Waals surface area contributed by atoms with E-state index in [0.717, 1.165) is 12.8 Å². The molecule has 4 heteroatoms. The summed E-state index contributed by atoms with van der Waals surface area (Å²) in [6, 6.07) is 0. The van der Waals surface area contributed by atoms with Crippen LogP contribution in [0.4, 0.5) is 0 Å². The zero-order chi connectivity index (χ0) is 9.52. The van der Waals surface area contributed by atoms with Gasteiger partial charge in [0.05, 0.1) is 13.2 Å². The summed E-state index contributed by atoms with van der Waals surface area (Å²) in [4.78, 5) is 11.0. The van der Waals surface area contributed by atoms with E-state index >= 15 is 0 Å². The van der Waals surface area contributed by atoms with Gasteiger partial charge in [0.2, 0.25) is 5.91 Å². The van der Waals surface area contributed by atoms with Crippen LogP contribution in [0.25, 0.3) is 0 Å². The van der Waals surface area contributed by atoms with E-state index < -0.39 is 0 Å². The van der Waals surface area contributed by atoms with E-state index in [9.17, 15) is 4.79 Å². The molecule has 1 rings (SSSR count). The topological polar surface area (TPSA) is 47.6 Å². The largest absolute Gasteiger partial charge is 0.356 e. The van der Waals surface area contributed by atoms with Gasteiger partial charge in [-0.3, -0.25) is 4.79 Å². The van der Waals surface area contributed by atoms with Crippen molar-refractivity contribution in [3.8, 4) is 0 Å². The van der Waals surface area contributed by atoms with Gasteiger partial charge in [-0.15, -0.1) is 0 Å². The Morgan fingerprint density at radius 1 is 1.46 bits per heavy atom. The highest BCUT2D eigenvalue weighted by Crippen LogP contribution is 2.06. The monoisotopic (exact) mass is 187 g/mol. The number of carbonyl (C=O) groups is 1. The van der Waals surface area contributed by atoms with Gasteiger partial charge in [0.1, 0.15) is 0 Å². The quantitative estimate of drug-likeness (QED) is 0.688. The summed E-state index contributed by atoms with van der Waals surface area (Å²) in [6.45, 7) is 3.98. The Hall–Kier alpha value is -0.610. The number of hydrogen-bond donors (Lipinski definition) is 1. The Morgan fingerprint density at radius 3 is 2.77 bits per heavy atom. The fourth-order valence-corrected chi connectivity index (χ4v) is 1.22. The molecule has 0 atom stereocenters. The molecule has 13 heavy (non-hydrogen) atoms. The van der Waals surface area contributed by atoms with Crippen molar-refractivity contribution in [3.05, 3.63) is 0 Å². The number of ether oxygens (including phenoxy) is 2. The maximum Gasteiger partial charge on any atom is 0.219 e. The van der Waals surface area contributed by atoms with Crippen LogP contribution < -0.4 is 5.32 Å². The van der Waals surface area contributed by atoms with Crippen LogP contribution >= 0.6 is 0 Å². The molecule has 0 saturated carbocycles. The summed E-state index contributed by atoms with van der Waals surface area (Å²) in [7, 11) is 0. The summed E-state index contributed by atoms with van der Waals surface area (Å²) < 4.78 is 10.4. The lowest BCUT2D eigenvalue weighted by Crippen LogP contribution is -2.26. The molecule has 1 saturated heterocycles. The van der Waals surface area contributed by atoms with Gasteiger partial charge >= 0.3 is 0 Å². The third kappa shape index (κ3) is 4.24. The maximum atomic E-state index is 11.0. The SMILES string of the molecule is CCCC(=O)NCCC1OCCO1. The summed E-state index contributed by atoms with van der Waals surface area (Å²) in [5.41, 5.74) is 0. The molecule has 0 aromatic carbocycles. The lowest BCUT2D eigenvalue weighted by molar-refractivity contribution is -0.121. The first-order valence-electron chi connectivity index (χ1n) is 4.83. The number of hydrogen-bond acceptors (Lipinski definition) is 3. The molecule has 76 valence electrons. The summed E-state index contributed by atoms with van der Waals surface area (Å²) in [5.74, 6) is 0.112. The summed E-state index contributed by atoms with van der Waals surface area (Å²) in [5, 5.41) is 2.81. The second kappa shape index (κ2) is 5.94. The van der Waals surface area contributed by atoms with Crippen molar-refractivity contribution in [2.75, 3.05) is 19.8 Å². The highest BCUT2D eigenvalue weighted by atomic mass is 16.7. The molecule has 0 bridgehead atoms. The molecular weight excluding hydrogens is 170 g/mol. The van der Waals surface area contributed by atoms with Gasteiger partial charge in [0.25, 0.3) is 0 Å². The second-order valence-corrected chi connectivity index (χ2v) is 3.06. The van der Waals surface area contributed by atoms with Gasteiger partial charge in [-0.1, -0.05) is 6.92 Å². The molecule has 1 fully saturated rings. The third-order valence-corrected chi connectivity index (χ3v) is 1.87. The Bertz CT molecular complexity index is 155. The van der Waals surface area contributed by atoms with Crippen LogP contribution in [0, 0.1) is 0 Å². The zero-order valence-electron chi connectivity index (χ0n) is 8.04. The predicted octanol–water partition coefficient (Wildman–Crippen LogP) is 0.666. The summed E-state index contributed by atoms with van der Waals surface area (Å²) >= 11 is 0. The van der Waals surface area contributed by atoms with Gasteiger partial charge < -0.3 is 14.8 Å². The van der Waals surface area contributed by atoms with Crippen molar-refractivity contribution in [1.82, 2.24) is 5.32 Å². The molecule has 0 radical (unpaired) electrons. The molecule has 0 unspecified atom stereocenters. The molecule has 0 aromatic heterocycles. The molecule has 1 aliphatic rings. The van der Waals surface area contributed by atoms with Crippen LogP contribution in [-0.4, -0.2) is 32.0 Å². The van der Waals surface area contributed by atoms with E-state index in [1.165, 1.54) is 0 Å². The van der Waals surface area contributed by atoms with E-state index in [4.69, 9.17) is 9.47 Å². The molecule has 0 spiro atoms. The van der Waals surface area contributed by atoms with Crippen LogP contribution in [-0.2, 0) is 14.3 Å². The molecule has 0 aromatic rings. The normalized spacial score (nSPS) is 17.6. The Balaban J connectivity index is 1.96. The highest BCUT2D eigenvalue weighted by Gasteiger charge is 2.15. The van der Waals surface area contributed by atoms with Gasteiger partial charge in [-0.25, -0.2) is 0 Å². The first-order chi connectivity index (χ1) is 6.33.